The first-order chi connectivity index (χ1) is 10.9. The molecule has 0 bridgehead atoms. The van der Waals surface area contributed by atoms with E-state index >= 15 is 0 Å². The third-order valence-corrected chi connectivity index (χ3v) is 4.86. The van der Waals surface area contributed by atoms with Crippen molar-refractivity contribution < 1.29 is 4.74 Å². The maximum atomic E-state index is 5.88. The van der Waals surface area contributed by atoms with Gasteiger partial charge in [-0.2, -0.15) is 0 Å². The molecule has 2 aliphatic rings. The van der Waals surface area contributed by atoms with Crippen LogP contribution in [0.3, 0.4) is 0 Å². The van der Waals surface area contributed by atoms with Gasteiger partial charge in [0.25, 0.3) is 0 Å². The number of nitrogens with zero attached hydrogens (tertiary/aromatic N) is 2. The second-order valence-electron chi connectivity index (χ2n) is 6.73. The second kappa shape index (κ2) is 8.54. The van der Waals surface area contributed by atoms with E-state index in [1.807, 2.05) is 0 Å². The molecule has 3 heteroatoms. The Hall–Kier alpha value is -1.06. The third kappa shape index (κ3) is 4.99. The molecule has 2 aliphatic heterocycles. The quantitative estimate of drug-likeness (QED) is 0.717. The van der Waals surface area contributed by atoms with Crippen LogP contribution in [-0.4, -0.2) is 49.1 Å². The molecule has 0 atom stereocenters. The molecule has 2 saturated heterocycles. The minimum Gasteiger partial charge on any atom is -0.494 e. The molecular formula is C19H30N2O. The molecule has 0 saturated carbocycles. The van der Waals surface area contributed by atoms with Gasteiger partial charge in [-0.05, 0) is 76.0 Å². The van der Waals surface area contributed by atoms with Gasteiger partial charge in [-0.1, -0.05) is 18.6 Å². The Morgan fingerprint density at radius 1 is 0.773 bits per heavy atom. The molecule has 0 N–H and O–H groups in total. The lowest BCUT2D eigenvalue weighted by Gasteiger charge is -2.26. The lowest BCUT2D eigenvalue weighted by Crippen LogP contribution is -2.31. The fourth-order valence-electron chi connectivity index (χ4n) is 3.55. The van der Waals surface area contributed by atoms with Crippen molar-refractivity contribution in [3.05, 3.63) is 29.8 Å². The number of piperidine rings is 1. The molecule has 3 rings (SSSR count). The highest BCUT2D eigenvalue weighted by atomic mass is 16.5. The van der Waals surface area contributed by atoms with Crippen molar-refractivity contribution in [3.8, 4) is 5.75 Å². The number of hydrogen-bond donors (Lipinski definition) is 0. The van der Waals surface area contributed by atoms with Gasteiger partial charge in [0.2, 0.25) is 0 Å². The largest absolute Gasteiger partial charge is 0.494 e. The summed E-state index contributed by atoms with van der Waals surface area (Å²) in [4.78, 5) is 5.11. The maximum absolute atomic E-state index is 5.88. The van der Waals surface area contributed by atoms with E-state index in [4.69, 9.17) is 4.74 Å². The van der Waals surface area contributed by atoms with Crippen LogP contribution in [0.25, 0.3) is 0 Å². The van der Waals surface area contributed by atoms with Crippen molar-refractivity contribution in [1.29, 1.82) is 0 Å². The maximum Gasteiger partial charge on any atom is 0.119 e. The number of rotatable bonds is 7. The van der Waals surface area contributed by atoms with Gasteiger partial charge < -0.3 is 9.64 Å². The highest BCUT2D eigenvalue weighted by Crippen LogP contribution is 2.17. The summed E-state index contributed by atoms with van der Waals surface area (Å²) in [6, 6.07) is 8.70. The molecular weight excluding hydrogens is 272 g/mol. The lowest BCUT2D eigenvalue weighted by atomic mass is 10.1. The van der Waals surface area contributed by atoms with Crippen LogP contribution in [0.4, 0.5) is 0 Å². The Labute approximate surface area is 135 Å². The molecule has 0 unspecified atom stereocenters. The SMILES string of the molecule is c1cc(OCCCN2CCCCC2)ccc1CN1CCCC1. The molecule has 2 heterocycles. The Bertz CT molecular complexity index is 420. The molecule has 2 fully saturated rings. The summed E-state index contributed by atoms with van der Waals surface area (Å²) in [7, 11) is 0. The van der Waals surface area contributed by atoms with Crippen molar-refractivity contribution >= 4 is 0 Å². The zero-order valence-electron chi connectivity index (χ0n) is 13.8. The minimum absolute atomic E-state index is 0.835. The molecule has 3 nitrogen and oxygen atoms in total. The van der Waals surface area contributed by atoms with Crippen molar-refractivity contribution in [2.75, 3.05) is 39.3 Å². The van der Waals surface area contributed by atoms with Gasteiger partial charge in [0.15, 0.2) is 0 Å². The average molecular weight is 302 g/mol. The molecule has 0 radical (unpaired) electrons. The Balaban J connectivity index is 1.33. The predicted molar refractivity (Wildman–Crippen MR) is 91.4 cm³/mol. The fraction of sp³-hybridized carbons (Fsp3) is 0.684. The van der Waals surface area contributed by atoms with E-state index in [0.717, 1.165) is 25.3 Å². The van der Waals surface area contributed by atoms with E-state index in [-0.39, 0.29) is 0 Å². The normalized spacial score (nSPS) is 20.4. The van der Waals surface area contributed by atoms with Crippen molar-refractivity contribution in [1.82, 2.24) is 9.80 Å². The van der Waals surface area contributed by atoms with Gasteiger partial charge >= 0.3 is 0 Å². The van der Waals surface area contributed by atoms with Crippen molar-refractivity contribution in [3.63, 3.8) is 0 Å². The van der Waals surface area contributed by atoms with Crippen LogP contribution < -0.4 is 4.74 Å². The summed E-state index contributed by atoms with van der Waals surface area (Å²) in [5.41, 5.74) is 1.41. The van der Waals surface area contributed by atoms with E-state index in [1.165, 1.54) is 70.4 Å². The fourth-order valence-corrected chi connectivity index (χ4v) is 3.55. The molecule has 1 aromatic rings. The first kappa shape index (κ1) is 15.8. The van der Waals surface area contributed by atoms with E-state index in [2.05, 4.69) is 34.1 Å². The molecule has 0 aromatic heterocycles. The molecule has 0 spiro atoms. The monoisotopic (exact) mass is 302 g/mol. The van der Waals surface area contributed by atoms with Crippen LogP contribution in [0.15, 0.2) is 24.3 Å². The smallest absolute Gasteiger partial charge is 0.119 e. The van der Waals surface area contributed by atoms with E-state index in [0.29, 0.717) is 0 Å². The summed E-state index contributed by atoms with van der Waals surface area (Å²) < 4.78 is 5.88. The minimum atomic E-state index is 0.835. The van der Waals surface area contributed by atoms with Gasteiger partial charge in [-0.3, -0.25) is 4.90 Å². The number of likely N-dealkylation sites (tertiary alicyclic amines) is 2. The first-order valence-electron chi connectivity index (χ1n) is 9.07. The van der Waals surface area contributed by atoms with Crippen LogP contribution >= 0.6 is 0 Å². The number of hydrogen-bond acceptors (Lipinski definition) is 3. The molecule has 0 aliphatic carbocycles. The summed E-state index contributed by atoms with van der Waals surface area (Å²) in [6.07, 6.45) is 8.02. The molecule has 0 amide bonds. The Morgan fingerprint density at radius 2 is 1.41 bits per heavy atom. The zero-order valence-corrected chi connectivity index (χ0v) is 13.8. The highest BCUT2D eigenvalue weighted by molar-refractivity contribution is 5.27. The van der Waals surface area contributed by atoms with Gasteiger partial charge in [-0.25, -0.2) is 0 Å². The molecule has 22 heavy (non-hydrogen) atoms. The van der Waals surface area contributed by atoms with Crippen LogP contribution in [0.1, 0.15) is 44.1 Å². The van der Waals surface area contributed by atoms with Crippen LogP contribution in [0.5, 0.6) is 5.75 Å². The first-order valence-corrected chi connectivity index (χ1v) is 9.07. The van der Waals surface area contributed by atoms with E-state index in [1.54, 1.807) is 0 Å². The summed E-state index contributed by atoms with van der Waals surface area (Å²) in [5, 5.41) is 0. The van der Waals surface area contributed by atoms with Gasteiger partial charge in [0, 0.05) is 13.1 Å². The average Bonchev–Trinajstić information content (AvgIpc) is 3.07. The van der Waals surface area contributed by atoms with Crippen molar-refractivity contribution in [2.45, 2.75) is 45.1 Å². The molecule has 122 valence electrons. The number of benzene rings is 1. The van der Waals surface area contributed by atoms with E-state index in [9.17, 15) is 0 Å². The topological polar surface area (TPSA) is 15.7 Å². The Morgan fingerprint density at radius 3 is 2.14 bits per heavy atom. The predicted octanol–water partition coefficient (Wildman–Crippen LogP) is 3.54. The van der Waals surface area contributed by atoms with E-state index < -0.39 is 0 Å². The summed E-state index contributed by atoms with van der Waals surface area (Å²) in [6.45, 7) is 8.20. The standard InChI is InChI=1S/C19H30N2O/c1-2-11-20(12-3-1)15-6-16-22-19-9-7-18(8-10-19)17-21-13-4-5-14-21/h7-10H,1-6,11-17H2. The van der Waals surface area contributed by atoms with Gasteiger partial charge in [0.05, 0.1) is 6.61 Å². The zero-order chi connectivity index (χ0) is 15.0. The van der Waals surface area contributed by atoms with Crippen LogP contribution in [0, 0.1) is 0 Å². The van der Waals surface area contributed by atoms with Gasteiger partial charge in [0.1, 0.15) is 5.75 Å². The summed E-state index contributed by atoms with van der Waals surface area (Å²) in [5.74, 6) is 1.02. The molecule has 1 aromatic carbocycles. The van der Waals surface area contributed by atoms with Gasteiger partial charge in [-0.15, -0.1) is 0 Å². The van der Waals surface area contributed by atoms with Crippen molar-refractivity contribution in [2.24, 2.45) is 0 Å². The van der Waals surface area contributed by atoms with Crippen LogP contribution in [-0.2, 0) is 6.54 Å². The summed E-state index contributed by atoms with van der Waals surface area (Å²) >= 11 is 0. The number of ether oxygens (including phenoxy) is 1. The Kier molecular flexibility index (Phi) is 6.14. The highest BCUT2D eigenvalue weighted by Gasteiger charge is 2.11. The lowest BCUT2D eigenvalue weighted by molar-refractivity contribution is 0.205. The second-order valence-corrected chi connectivity index (χ2v) is 6.73. The van der Waals surface area contributed by atoms with Crippen LogP contribution in [0.2, 0.25) is 0 Å². The third-order valence-electron chi connectivity index (χ3n) is 4.86.